The maximum atomic E-state index is 11.7. The summed E-state index contributed by atoms with van der Waals surface area (Å²) in [6, 6.07) is 4.71. The first kappa shape index (κ1) is 11.4. The van der Waals surface area contributed by atoms with Crippen LogP contribution in [0.3, 0.4) is 0 Å². The number of anilines is 1. The van der Waals surface area contributed by atoms with E-state index in [-0.39, 0.29) is 10.6 Å². The number of nitrogens with zero attached hydrogens (tertiary/aromatic N) is 1. The monoisotopic (exact) mass is 232 g/mol. The van der Waals surface area contributed by atoms with Crippen LogP contribution in [0.5, 0.6) is 0 Å². The zero-order chi connectivity index (χ0) is 10.9. The number of sulfonamides is 1. The van der Waals surface area contributed by atoms with Crippen molar-refractivity contribution in [1.82, 2.24) is 4.31 Å². The van der Waals surface area contributed by atoms with Crippen LogP contribution in [0.1, 0.15) is 0 Å². The van der Waals surface area contributed by atoms with Gasteiger partial charge in [-0.05, 0) is 12.1 Å². The molecule has 0 bridgehead atoms. The molecule has 14 heavy (non-hydrogen) atoms. The fourth-order valence-corrected chi connectivity index (χ4v) is 2.27. The van der Waals surface area contributed by atoms with Crippen LogP contribution in [-0.2, 0) is 10.0 Å². The second-order valence-corrected chi connectivity index (χ2v) is 5.58. The molecule has 0 saturated heterocycles. The van der Waals surface area contributed by atoms with Gasteiger partial charge in [0, 0.05) is 19.0 Å². The lowest BCUT2D eigenvalue weighted by Gasteiger charge is -2.13. The first-order chi connectivity index (χ1) is 6.37. The summed E-state index contributed by atoms with van der Waals surface area (Å²) in [5.74, 6) is 0. The van der Waals surface area contributed by atoms with E-state index in [0.29, 0.717) is 4.90 Å². The van der Waals surface area contributed by atoms with Crippen molar-refractivity contribution >= 4 is 28.3 Å². The van der Waals surface area contributed by atoms with E-state index in [4.69, 9.17) is 5.73 Å². The molecule has 0 fully saturated rings. The van der Waals surface area contributed by atoms with Crippen molar-refractivity contribution in [2.24, 2.45) is 0 Å². The molecule has 0 spiro atoms. The molecule has 0 aliphatic rings. The second kappa shape index (κ2) is 3.80. The van der Waals surface area contributed by atoms with E-state index in [9.17, 15) is 8.42 Å². The molecule has 0 radical (unpaired) electrons. The molecule has 4 nitrogen and oxygen atoms in total. The maximum absolute atomic E-state index is 11.7. The number of thiol groups is 1. The van der Waals surface area contributed by atoms with Crippen molar-refractivity contribution in [3.05, 3.63) is 18.2 Å². The van der Waals surface area contributed by atoms with Crippen LogP contribution in [0.4, 0.5) is 5.69 Å². The standard InChI is InChI=1S/C8H12N2O2S2/c1-10(2)14(11,12)7-5-3-4-6(13)8(7)9/h3-5,13H,9H2,1-2H3. The molecule has 0 saturated carbocycles. The molecule has 0 heterocycles. The van der Waals surface area contributed by atoms with E-state index in [1.165, 1.54) is 20.2 Å². The minimum absolute atomic E-state index is 0.0926. The van der Waals surface area contributed by atoms with Crippen molar-refractivity contribution in [3.8, 4) is 0 Å². The Morgan fingerprint density at radius 2 is 1.93 bits per heavy atom. The highest BCUT2D eigenvalue weighted by atomic mass is 32.2. The summed E-state index contributed by atoms with van der Waals surface area (Å²) in [5.41, 5.74) is 5.81. The van der Waals surface area contributed by atoms with E-state index in [1.54, 1.807) is 12.1 Å². The Balaban J connectivity index is 3.42. The SMILES string of the molecule is CN(C)S(=O)(=O)c1cccc(S)c1N. The third-order valence-corrected chi connectivity index (χ3v) is 4.06. The molecule has 0 aliphatic heterocycles. The second-order valence-electron chi connectivity index (χ2n) is 2.98. The van der Waals surface area contributed by atoms with Gasteiger partial charge in [-0.15, -0.1) is 12.6 Å². The highest BCUT2D eigenvalue weighted by molar-refractivity contribution is 7.89. The lowest BCUT2D eigenvalue weighted by Crippen LogP contribution is -2.23. The molecular weight excluding hydrogens is 220 g/mol. The summed E-state index contributed by atoms with van der Waals surface area (Å²) in [7, 11) is -0.554. The topological polar surface area (TPSA) is 63.4 Å². The van der Waals surface area contributed by atoms with E-state index >= 15 is 0 Å². The average molecular weight is 232 g/mol. The normalized spacial score (nSPS) is 12.0. The van der Waals surface area contributed by atoms with Crippen LogP contribution in [0.25, 0.3) is 0 Å². The van der Waals surface area contributed by atoms with Gasteiger partial charge in [0.2, 0.25) is 10.0 Å². The Kier molecular flexibility index (Phi) is 3.08. The fourth-order valence-electron chi connectivity index (χ4n) is 0.954. The predicted molar refractivity (Wildman–Crippen MR) is 59.0 cm³/mol. The molecule has 6 heteroatoms. The Bertz CT molecular complexity index is 441. The number of benzene rings is 1. The number of rotatable bonds is 2. The Morgan fingerprint density at radius 1 is 1.36 bits per heavy atom. The summed E-state index contributed by atoms with van der Waals surface area (Å²) in [6.45, 7) is 0. The molecule has 1 aromatic rings. The zero-order valence-corrected chi connectivity index (χ0v) is 9.64. The van der Waals surface area contributed by atoms with Gasteiger partial charge >= 0.3 is 0 Å². The molecule has 0 aliphatic carbocycles. The maximum Gasteiger partial charge on any atom is 0.244 e. The molecule has 2 N–H and O–H groups in total. The number of hydrogen-bond donors (Lipinski definition) is 2. The number of para-hydroxylation sites is 1. The Hall–Kier alpha value is -0.720. The molecule has 78 valence electrons. The van der Waals surface area contributed by atoms with Crippen LogP contribution >= 0.6 is 12.6 Å². The van der Waals surface area contributed by atoms with Gasteiger partial charge in [-0.2, -0.15) is 0 Å². The largest absolute Gasteiger partial charge is 0.397 e. The van der Waals surface area contributed by atoms with Gasteiger partial charge in [0.1, 0.15) is 4.90 Å². The van der Waals surface area contributed by atoms with Crippen molar-refractivity contribution < 1.29 is 8.42 Å². The van der Waals surface area contributed by atoms with Crippen molar-refractivity contribution in [3.63, 3.8) is 0 Å². The predicted octanol–water partition coefficient (Wildman–Crippen LogP) is 0.808. The highest BCUT2D eigenvalue weighted by Crippen LogP contribution is 2.26. The Labute approximate surface area is 89.2 Å². The van der Waals surface area contributed by atoms with Crippen LogP contribution in [0.15, 0.2) is 28.0 Å². The molecule has 0 amide bonds. The Morgan fingerprint density at radius 3 is 2.43 bits per heavy atom. The highest BCUT2D eigenvalue weighted by Gasteiger charge is 2.20. The quantitative estimate of drug-likeness (QED) is 0.586. The first-order valence-electron chi connectivity index (χ1n) is 3.87. The summed E-state index contributed by atoms with van der Waals surface area (Å²) >= 11 is 4.06. The smallest absolute Gasteiger partial charge is 0.244 e. The number of nitrogen functional groups attached to an aromatic ring is 1. The fraction of sp³-hybridized carbons (Fsp3) is 0.250. The van der Waals surface area contributed by atoms with Crippen molar-refractivity contribution in [1.29, 1.82) is 0 Å². The van der Waals surface area contributed by atoms with Crippen LogP contribution in [0, 0.1) is 0 Å². The van der Waals surface area contributed by atoms with Gasteiger partial charge in [-0.1, -0.05) is 6.07 Å². The van der Waals surface area contributed by atoms with Crippen LogP contribution in [-0.4, -0.2) is 26.8 Å². The van der Waals surface area contributed by atoms with Gasteiger partial charge in [0.15, 0.2) is 0 Å². The van der Waals surface area contributed by atoms with E-state index in [1.807, 2.05) is 0 Å². The number of nitrogens with two attached hydrogens (primary N) is 1. The van der Waals surface area contributed by atoms with Crippen LogP contribution in [0.2, 0.25) is 0 Å². The van der Waals surface area contributed by atoms with Crippen LogP contribution < -0.4 is 5.73 Å². The molecule has 0 atom stereocenters. The lowest BCUT2D eigenvalue weighted by molar-refractivity contribution is 0.521. The van der Waals surface area contributed by atoms with E-state index < -0.39 is 10.0 Å². The third kappa shape index (κ3) is 1.87. The van der Waals surface area contributed by atoms with Gasteiger partial charge in [0.05, 0.1) is 5.69 Å². The molecule has 1 rings (SSSR count). The molecule has 0 aromatic heterocycles. The molecule has 0 unspecified atom stereocenters. The lowest BCUT2D eigenvalue weighted by atomic mass is 10.3. The van der Waals surface area contributed by atoms with E-state index in [2.05, 4.69) is 12.6 Å². The van der Waals surface area contributed by atoms with E-state index in [0.717, 1.165) is 4.31 Å². The number of hydrogen-bond acceptors (Lipinski definition) is 4. The zero-order valence-electron chi connectivity index (χ0n) is 7.93. The van der Waals surface area contributed by atoms with Crippen molar-refractivity contribution in [2.45, 2.75) is 9.79 Å². The molecular formula is C8H12N2O2S2. The molecule has 1 aromatic carbocycles. The minimum Gasteiger partial charge on any atom is -0.397 e. The summed E-state index contributed by atoms with van der Waals surface area (Å²) in [6.07, 6.45) is 0. The van der Waals surface area contributed by atoms with Gasteiger partial charge in [0.25, 0.3) is 0 Å². The van der Waals surface area contributed by atoms with Gasteiger partial charge in [-0.25, -0.2) is 12.7 Å². The van der Waals surface area contributed by atoms with Gasteiger partial charge in [-0.3, -0.25) is 0 Å². The summed E-state index contributed by atoms with van der Waals surface area (Å²) < 4.78 is 24.6. The minimum atomic E-state index is -3.47. The third-order valence-electron chi connectivity index (χ3n) is 1.80. The summed E-state index contributed by atoms with van der Waals surface area (Å²) in [4.78, 5) is 0.558. The first-order valence-corrected chi connectivity index (χ1v) is 5.76. The average Bonchev–Trinajstić information content (AvgIpc) is 2.09. The van der Waals surface area contributed by atoms with Crippen molar-refractivity contribution in [2.75, 3.05) is 19.8 Å². The summed E-state index contributed by atoms with van der Waals surface area (Å²) in [5, 5.41) is 0. The van der Waals surface area contributed by atoms with Gasteiger partial charge < -0.3 is 5.73 Å².